The summed E-state index contributed by atoms with van der Waals surface area (Å²) in [7, 11) is 1.64. The number of ether oxygens (including phenoxy) is 1. The summed E-state index contributed by atoms with van der Waals surface area (Å²) in [5.41, 5.74) is 4.26. The Labute approximate surface area is 147 Å². The first-order chi connectivity index (χ1) is 12.2. The lowest BCUT2D eigenvalue weighted by molar-refractivity contribution is 0.102. The smallest absolute Gasteiger partial charge is 0.255 e. The van der Waals surface area contributed by atoms with Crippen LogP contribution in [0.3, 0.4) is 0 Å². The number of nitrogens with one attached hydrogen (secondary N) is 2. The highest BCUT2D eigenvalue weighted by Gasteiger charge is 2.08. The van der Waals surface area contributed by atoms with Crippen LogP contribution < -0.4 is 15.4 Å². The topological polar surface area (TPSA) is 50.4 Å². The molecule has 3 rings (SSSR count). The predicted molar refractivity (Wildman–Crippen MR) is 102 cm³/mol. The summed E-state index contributed by atoms with van der Waals surface area (Å²) < 4.78 is 5.22. The quantitative estimate of drug-likeness (QED) is 0.691. The van der Waals surface area contributed by atoms with Crippen molar-refractivity contribution in [1.29, 1.82) is 0 Å². The second-order valence-electron chi connectivity index (χ2n) is 5.70. The molecule has 0 saturated heterocycles. The third-order valence-electron chi connectivity index (χ3n) is 3.89. The van der Waals surface area contributed by atoms with Crippen LogP contribution in [0.1, 0.15) is 15.9 Å². The molecular weight excluding hydrogens is 312 g/mol. The molecule has 4 heteroatoms. The average molecular weight is 332 g/mol. The van der Waals surface area contributed by atoms with E-state index in [1.807, 2.05) is 79.7 Å². The van der Waals surface area contributed by atoms with Crippen LogP contribution in [0.15, 0.2) is 72.8 Å². The fourth-order valence-corrected chi connectivity index (χ4v) is 2.53. The number of amides is 1. The predicted octanol–water partition coefficient (Wildman–Crippen LogP) is 5.00. The number of aryl methyl sites for hydroxylation is 1. The van der Waals surface area contributed by atoms with E-state index in [4.69, 9.17) is 4.74 Å². The van der Waals surface area contributed by atoms with Crippen molar-refractivity contribution in [2.45, 2.75) is 6.92 Å². The zero-order chi connectivity index (χ0) is 17.6. The first-order valence-corrected chi connectivity index (χ1v) is 8.04. The van der Waals surface area contributed by atoms with Crippen LogP contribution in [-0.2, 0) is 0 Å². The summed E-state index contributed by atoms with van der Waals surface area (Å²) in [6.45, 7) is 1.93. The van der Waals surface area contributed by atoms with E-state index < -0.39 is 0 Å². The summed E-state index contributed by atoms with van der Waals surface area (Å²) in [5, 5.41) is 6.23. The van der Waals surface area contributed by atoms with E-state index in [-0.39, 0.29) is 5.91 Å². The number of hydrogen-bond acceptors (Lipinski definition) is 3. The van der Waals surface area contributed by atoms with E-state index in [0.29, 0.717) is 5.56 Å². The van der Waals surface area contributed by atoms with Crippen molar-refractivity contribution in [3.05, 3.63) is 83.9 Å². The van der Waals surface area contributed by atoms with Crippen molar-refractivity contribution >= 4 is 23.0 Å². The molecule has 0 fully saturated rings. The second-order valence-corrected chi connectivity index (χ2v) is 5.70. The van der Waals surface area contributed by atoms with Crippen LogP contribution in [-0.4, -0.2) is 13.0 Å². The maximum Gasteiger partial charge on any atom is 0.255 e. The summed E-state index contributed by atoms with van der Waals surface area (Å²) in [4.78, 5) is 12.3. The highest BCUT2D eigenvalue weighted by atomic mass is 16.5. The van der Waals surface area contributed by atoms with Gasteiger partial charge in [-0.05, 0) is 55.0 Å². The Morgan fingerprint density at radius 1 is 0.840 bits per heavy atom. The van der Waals surface area contributed by atoms with Crippen molar-refractivity contribution < 1.29 is 9.53 Å². The van der Waals surface area contributed by atoms with Gasteiger partial charge in [0.2, 0.25) is 0 Å². The first-order valence-electron chi connectivity index (χ1n) is 8.04. The number of carbonyl (C=O) groups excluding carboxylic acids is 1. The van der Waals surface area contributed by atoms with Gasteiger partial charge in [0.05, 0.1) is 7.11 Å². The van der Waals surface area contributed by atoms with Crippen molar-refractivity contribution in [1.82, 2.24) is 0 Å². The molecule has 0 unspecified atom stereocenters. The van der Waals surface area contributed by atoms with Crippen LogP contribution >= 0.6 is 0 Å². The zero-order valence-corrected chi connectivity index (χ0v) is 14.2. The molecule has 3 aromatic carbocycles. The maximum atomic E-state index is 12.3. The molecule has 2 N–H and O–H groups in total. The lowest BCUT2D eigenvalue weighted by Crippen LogP contribution is -2.13. The standard InChI is InChI=1S/C21H20N2O2/c1-15-6-3-4-9-20(15)21(24)23-17-12-10-16(11-13-17)22-18-7-5-8-19(14-18)25-2/h3-14,22H,1-2H3,(H,23,24). The fourth-order valence-electron chi connectivity index (χ4n) is 2.53. The number of rotatable bonds is 5. The average Bonchev–Trinajstić information content (AvgIpc) is 2.64. The van der Waals surface area contributed by atoms with Gasteiger partial charge in [-0.3, -0.25) is 4.79 Å². The summed E-state index contributed by atoms with van der Waals surface area (Å²) in [5.74, 6) is 0.693. The fraction of sp³-hybridized carbons (Fsp3) is 0.0952. The van der Waals surface area contributed by atoms with E-state index in [2.05, 4.69) is 10.6 Å². The summed E-state index contributed by atoms with van der Waals surface area (Å²) in [6, 6.07) is 22.8. The van der Waals surface area contributed by atoms with Crippen molar-refractivity contribution in [2.24, 2.45) is 0 Å². The first kappa shape index (κ1) is 16.6. The van der Waals surface area contributed by atoms with E-state index in [9.17, 15) is 4.79 Å². The van der Waals surface area contributed by atoms with E-state index >= 15 is 0 Å². The number of anilines is 3. The van der Waals surface area contributed by atoms with Crippen LogP contribution in [0.25, 0.3) is 0 Å². The minimum atomic E-state index is -0.105. The molecule has 0 radical (unpaired) electrons. The Kier molecular flexibility index (Phi) is 5.00. The molecule has 4 nitrogen and oxygen atoms in total. The van der Waals surface area contributed by atoms with E-state index in [0.717, 1.165) is 28.4 Å². The van der Waals surface area contributed by atoms with Crippen LogP contribution in [0.5, 0.6) is 5.75 Å². The van der Waals surface area contributed by atoms with Gasteiger partial charge >= 0.3 is 0 Å². The van der Waals surface area contributed by atoms with Gasteiger partial charge in [0.1, 0.15) is 5.75 Å². The molecular formula is C21H20N2O2. The Balaban J connectivity index is 1.68. The van der Waals surface area contributed by atoms with Gasteiger partial charge in [0.15, 0.2) is 0 Å². The van der Waals surface area contributed by atoms with Crippen molar-refractivity contribution in [2.75, 3.05) is 17.7 Å². The Morgan fingerprint density at radius 3 is 2.28 bits per heavy atom. The molecule has 0 bridgehead atoms. The van der Waals surface area contributed by atoms with Gasteiger partial charge in [0.25, 0.3) is 5.91 Å². The molecule has 3 aromatic rings. The molecule has 0 aliphatic rings. The van der Waals surface area contributed by atoms with Crippen LogP contribution in [0, 0.1) is 6.92 Å². The number of carbonyl (C=O) groups is 1. The number of hydrogen-bond donors (Lipinski definition) is 2. The molecule has 25 heavy (non-hydrogen) atoms. The third kappa shape index (κ3) is 4.18. The lowest BCUT2D eigenvalue weighted by Gasteiger charge is -2.10. The van der Waals surface area contributed by atoms with E-state index in [1.165, 1.54) is 0 Å². The number of benzene rings is 3. The van der Waals surface area contributed by atoms with Gasteiger partial charge in [-0.1, -0.05) is 24.3 Å². The van der Waals surface area contributed by atoms with Crippen LogP contribution in [0.2, 0.25) is 0 Å². The minimum Gasteiger partial charge on any atom is -0.497 e. The van der Waals surface area contributed by atoms with Gasteiger partial charge in [-0.15, -0.1) is 0 Å². The third-order valence-corrected chi connectivity index (χ3v) is 3.89. The Hall–Kier alpha value is -3.27. The van der Waals surface area contributed by atoms with Gasteiger partial charge in [-0.2, -0.15) is 0 Å². The van der Waals surface area contributed by atoms with Gasteiger partial charge in [0, 0.05) is 28.7 Å². The molecule has 0 spiro atoms. The Morgan fingerprint density at radius 2 is 1.56 bits per heavy atom. The molecule has 0 aliphatic carbocycles. The molecule has 0 saturated carbocycles. The van der Waals surface area contributed by atoms with Gasteiger partial charge < -0.3 is 15.4 Å². The largest absolute Gasteiger partial charge is 0.497 e. The molecule has 126 valence electrons. The molecule has 0 aromatic heterocycles. The SMILES string of the molecule is COc1cccc(Nc2ccc(NC(=O)c3ccccc3C)cc2)c1. The normalized spacial score (nSPS) is 10.2. The molecule has 0 heterocycles. The van der Waals surface area contributed by atoms with E-state index in [1.54, 1.807) is 7.11 Å². The monoisotopic (exact) mass is 332 g/mol. The summed E-state index contributed by atoms with van der Waals surface area (Å²) >= 11 is 0. The molecule has 1 amide bonds. The lowest BCUT2D eigenvalue weighted by atomic mass is 10.1. The zero-order valence-electron chi connectivity index (χ0n) is 14.2. The Bertz CT molecular complexity index is 873. The summed E-state index contributed by atoms with van der Waals surface area (Å²) in [6.07, 6.45) is 0. The molecule has 0 atom stereocenters. The van der Waals surface area contributed by atoms with Crippen molar-refractivity contribution in [3.8, 4) is 5.75 Å². The molecule has 0 aliphatic heterocycles. The highest BCUT2D eigenvalue weighted by Crippen LogP contribution is 2.22. The minimum absolute atomic E-state index is 0.105. The second kappa shape index (κ2) is 7.53. The van der Waals surface area contributed by atoms with Crippen LogP contribution in [0.4, 0.5) is 17.1 Å². The van der Waals surface area contributed by atoms with Crippen molar-refractivity contribution in [3.63, 3.8) is 0 Å². The van der Waals surface area contributed by atoms with Gasteiger partial charge in [-0.25, -0.2) is 0 Å². The number of methoxy groups -OCH3 is 1. The highest BCUT2D eigenvalue weighted by molar-refractivity contribution is 6.05. The maximum absolute atomic E-state index is 12.3.